The molecular formula is C16H21NO4S3. The standard InChI is InChI=1S/C16H21NO4S3/c1-16(2,3)15(14-6-5-11-22-14)17-24(20,21)13-9-7-12(8-10-13)23(4,18)19/h5-11,15,17H,1-4H3. The van der Waals surface area contributed by atoms with Gasteiger partial charge in [0.05, 0.1) is 15.8 Å². The van der Waals surface area contributed by atoms with E-state index in [-0.39, 0.29) is 21.2 Å². The minimum absolute atomic E-state index is 0.0423. The van der Waals surface area contributed by atoms with Gasteiger partial charge in [-0.3, -0.25) is 0 Å². The van der Waals surface area contributed by atoms with Crippen molar-refractivity contribution in [3.05, 3.63) is 46.7 Å². The van der Waals surface area contributed by atoms with Crippen molar-refractivity contribution in [3.63, 3.8) is 0 Å². The summed E-state index contributed by atoms with van der Waals surface area (Å²) in [5.41, 5.74) is -0.315. The van der Waals surface area contributed by atoms with Crippen LogP contribution in [0.4, 0.5) is 0 Å². The van der Waals surface area contributed by atoms with Gasteiger partial charge in [0.2, 0.25) is 10.0 Å². The SMILES string of the molecule is CC(C)(C)C(NS(=O)(=O)c1ccc(S(C)(=O)=O)cc1)c1cccs1. The molecule has 1 heterocycles. The minimum Gasteiger partial charge on any atom is -0.224 e. The second kappa shape index (κ2) is 6.59. The quantitative estimate of drug-likeness (QED) is 0.854. The molecule has 132 valence electrons. The van der Waals surface area contributed by atoms with E-state index >= 15 is 0 Å². The van der Waals surface area contributed by atoms with Gasteiger partial charge in [-0.25, -0.2) is 21.6 Å². The van der Waals surface area contributed by atoms with Crippen LogP contribution in [0.1, 0.15) is 31.7 Å². The summed E-state index contributed by atoms with van der Waals surface area (Å²) in [7, 11) is -7.13. The first-order valence-electron chi connectivity index (χ1n) is 7.27. The van der Waals surface area contributed by atoms with Crippen molar-refractivity contribution in [3.8, 4) is 0 Å². The van der Waals surface area contributed by atoms with Gasteiger partial charge in [-0.1, -0.05) is 26.8 Å². The number of thiophene rings is 1. The van der Waals surface area contributed by atoms with Crippen LogP contribution >= 0.6 is 11.3 Å². The van der Waals surface area contributed by atoms with Crippen LogP contribution in [0.3, 0.4) is 0 Å². The van der Waals surface area contributed by atoms with E-state index in [0.717, 1.165) is 11.1 Å². The third-order valence-corrected chi connectivity index (χ3v) is 7.03. The molecule has 8 heteroatoms. The van der Waals surface area contributed by atoms with Crippen molar-refractivity contribution in [2.45, 2.75) is 36.6 Å². The van der Waals surface area contributed by atoms with Crippen LogP contribution in [0.15, 0.2) is 51.6 Å². The third kappa shape index (κ3) is 4.44. The highest BCUT2D eigenvalue weighted by molar-refractivity contribution is 7.90. The van der Waals surface area contributed by atoms with Crippen molar-refractivity contribution in [2.75, 3.05) is 6.26 Å². The van der Waals surface area contributed by atoms with E-state index in [1.165, 1.54) is 35.6 Å². The first-order valence-corrected chi connectivity index (χ1v) is 11.5. The number of benzene rings is 1. The lowest BCUT2D eigenvalue weighted by Crippen LogP contribution is -2.36. The van der Waals surface area contributed by atoms with Crippen LogP contribution in [0.5, 0.6) is 0 Å². The Morgan fingerprint density at radius 2 is 1.50 bits per heavy atom. The molecule has 0 aliphatic rings. The van der Waals surface area contributed by atoms with Gasteiger partial charge < -0.3 is 0 Å². The molecule has 1 N–H and O–H groups in total. The Morgan fingerprint density at radius 1 is 0.958 bits per heavy atom. The van der Waals surface area contributed by atoms with Gasteiger partial charge in [0.15, 0.2) is 9.84 Å². The fourth-order valence-electron chi connectivity index (χ4n) is 2.21. The van der Waals surface area contributed by atoms with Gasteiger partial charge in [0, 0.05) is 11.1 Å². The summed E-state index contributed by atoms with van der Waals surface area (Å²) >= 11 is 1.49. The van der Waals surface area contributed by atoms with E-state index in [1.807, 2.05) is 38.3 Å². The number of nitrogens with one attached hydrogen (secondary N) is 1. The minimum atomic E-state index is -3.77. The predicted octanol–water partition coefficient (Wildman–Crippen LogP) is 3.22. The topological polar surface area (TPSA) is 80.3 Å². The molecule has 1 atom stereocenters. The van der Waals surface area contributed by atoms with Gasteiger partial charge in [-0.05, 0) is 41.1 Å². The molecule has 0 fully saturated rings. The highest BCUT2D eigenvalue weighted by atomic mass is 32.2. The summed E-state index contributed by atoms with van der Waals surface area (Å²) < 4.78 is 51.1. The van der Waals surface area contributed by atoms with Gasteiger partial charge in [-0.2, -0.15) is 0 Å². The van der Waals surface area contributed by atoms with Crippen molar-refractivity contribution >= 4 is 31.2 Å². The molecule has 0 aliphatic carbocycles. The zero-order valence-electron chi connectivity index (χ0n) is 14.0. The number of hydrogen-bond acceptors (Lipinski definition) is 5. The van der Waals surface area contributed by atoms with Crippen LogP contribution < -0.4 is 4.72 Å². The molecule has 0 bridgehead atoms. The zero-order valence-corrected chi connectivity index (χ0v) is 16.4. The fraction of sp³-hybridized carbons (Fsp3) is 0.375. The van der Waals surface area contributed by atoms with Gasteiger partial charge in [0.25, 0.3) is 0 Å². The number of sulfonamides is 1. The highest BCUT2D eigenvalue weighted by Crippen LogP contribution is 2.36. The predicted molar refractivity (Wildman–Crippen MR) is 96.4 cm³/mol. The summed E-state index contributed by atoms with van der Waals surface area (Å²) in [5, 5.41) is 1.91. The largest absolute Gasteiger partial charge is 0.241 e. The van der Waals surface area contributed by atoms with Crippen LogP contribution in [0.2, 0.25) is 0 Å². The summed E-state index contributed by atoms with van der Waals surface area (Å²) in [4.78, 5) is 1.06. The summed E-state index contributed by atoms with van der Waals surface area (Å²) in [5.74, 6) is 0. The molecule has 5 nitrogen and oxygen atoms in total. The Bertz CT molecular complexity index is 891. The molecule has 0 saturated heterocycles. The third-order valence-electron chi connectivity index (χ3n) is 3.53. The molecule has 0 saturated carbocycles. The number of sulfone groups is 1. The smallest absolute Gasteiger partial charge is 0.224 e. The maximum absolute atomic E-state index is 12.7. The molecule has 0 amide bonds. The first kappa shape index (κ1) is 19.1. The Labute approximate surface area is 147 Å². The molecule has 0 spiro atoms. The average molecular weight is 388 g/mol. The molecule has 2 aromatic rings. The second-order valence-electron chi connectivity index (χ2n) is 6.68. The van der Waals surface area contributed by atoms with E-state index in [1.54, 1.807) is 0 Å². The maximum atomic E-state index is 12.7. The lowest BCUT2D eigenvalue weighted by Gasteiger charge is -2.30. The van der Waals surface area contributed by atoms with Gasteiger partial charge >= 0.3 is 0 Å². The summed E-state index contributed by atoms with van der Waals surface area (Å²) in [6, 6.07) is 8.64. The van der Waals surface area contributed by atoms with Crippen LogP contribution in [-0.4, -0.2) is 23.1 Å². The van der Waals surface area contributed by atoms with Crippen molar-refractivity contribution in [1.29, 1.82) is 0 Å². The lowest BCUT2D eigenvalue weighted by atomic mass is 9.86. The molecular weight excluding hydrogens is 366 g/mol. The molecule has 1 aromatic carbocycles. The number of hydrogen-bond donors (Lipinski definition) is 1. The summed E-state index contributed by atoms with van der Waals surface area (Å²) in [6.45, 7) is 5.89. The summed E-state index contributed by atoms with van der Waals surface area (Å²) in [6.07, 6.45) is 1.08. The van der Waals surface area contributed by atoms with Crippen molar-refractivity contribution < 1.29 is 16.8 Å². The number of rotatable bonds is 5. The lowest BCUT2D eigenvalue weighted by molar-refractivity contribution is 0.308. The monoisotopic (exact) mass is 387 g/mol. The van der Waals surface area contributed by atoms with E-state index < -0.39 is 19.9 Å². The Morgan fingerprint density at radius 3 is 1.92 bits per heavy atom. The van der Waals surface area contributed by atoms with E-state index in [0.29, 0.717) is 0 Å². The normalized spacial score (nSPS) is 14.5. The van der Waals surface area contributed by atoms with Crippen molar-refractivity contribution in [1.82, 2.24) is 4.72 Å². The Kier molecular flexibility index (Phi) is 5.25. The molecule has 1 aromatic heterocycles. The fourth-order valence-corrected chi connectivity index (χ4v) is 5.35. The second-order valence-corrected chi connectivity index (χ2v) is 11.4. The Balaban J connectivity index is 2.36. The molecule has 1 unspecified atom stereocenters. The molecule has 2 rings (SSSR count). The van der Waals surface area contributed by atoms with Gasteiger partial charge in [0.1, 0.15) is 0 Å². The molecule has 24 heavy (non-hydrogen) atoms. The van der Waals surface area contributed by atoms with Crippen LogP contribution in [0.25, 0.3) is 0 Å². The highest BCUT2D eigenvalue weighted by Gasteiger charge is 2.31. The maximum Gasteiger partial charge on any atom is 0.241 e. The van der Waals surface area contributed by atoms with E-state index in [9.17, 15) is 16.8 Å². The van der Waals surface area contributed by atoms with E-state index in [2.05, 4.69) is 4.72 Å². The first-order chi connectivity index (χ1) is 10.9. The molecule has 0 aliphatic heterocycles. The van der Waals surface area contributed by atoms with Crippen LogP contribution in [-0.2, 0) is 19.9 Å². The zero-order chi connectivity index (χ0) is 18.2. The van der Waals surface area contributed by atoms with Gasteiger partial charge in [-0.15, -0.1) is 11.3 Å². The van der Waals surface area contributed by atoms with Crippen molar-refractivity contribution in [2.24, 2.45) is 5.41 Å². The molecule has 0 radical (unpaired) electrons. The average Bonchev–Trinajstić information content (AvgIpc) is 2.96. The van der Waals surface area contributed by atoms with E-state index in [4.69, 9.17) is 0 Å². The van der Waals surface area contributed by atoms with Crippen LogP contribution in [0, 0.1) is 5.41 Å². The Hall–Kier alpha value is -1.22.